The van der Waals surface area contributed by atoms with Crippen molar-refractivity contribution in [1.82, 2.24) is 15.2 Å². The smallest absolute Gasteiger partial charge is 0.254 e. The summed E-state index contributed by atoms with van der Waals surface area (Å²) in [6.07, 6.45) is 2.59. The molecule has 0 fully saturated rings. The van der Waals surface area contributed by atoms with Crippen LogP contribution in [0, 0.1) is 0 Å². The second-order valence-corrected chi connectivity index (χ2v) is 5.59. The zero-order valence-electron chi connectivity index (χ0n) is 14.1. The van der Waals surface area contributed by atoms with Crippen LogP contribution in [0.1, 0.15) is 16.8 Å². The number of hydrogen-bond acceptors (Lipinski definition) is 5. The first-order valence-corrected chi connectivity index (χ1v) is 7.64. The first-order valence-electron chi connectivity index (χ1n) is 7.64. The third-order valence-corrected chi connectivity index (χ3v) is 3.63. The minimum atomic E-state index is -0.155. The molecule has 0 aliphatic carbocycles. The van der Waals surface area contributed by atoms with Crippen molar-refractivity contribution in [3.63, 3.8) is 0 Å². The van der Waals surface area contributed by atoms with Crippen molar-refractivity contribution < 1.29 is 9.53 Å². The number of aromatic nitrogens is 1. The highest BCUT2D eigenvalue weighted by molar-refractivity contribution is 6.07. The topological polar surface area (TPSA) is 66.5 Å². The number of pyridine rings is 1. The van der Waals surface area contributed by atoms with E-state index in [0.717, 1.165) is 41.9 Å². The Morgan fingerprint density at radius 2 is 2.13 bits per heavy atom. The van der Waals surface area contributed by atoms with Crippen molar-refractivity contribution in [1.29, 1.82) is 0 Å². The first kappa shape index (κ1) is 17.0. The molecule has 0 unspecified atom stereocenters. The van der Waals surface area contributed by atoms with Gasteiger partial charge in [0, 0.05) is 25.2 Å². The lowest BCUT2D eigenvalue weighted by Gasteiger charge is -2.15. The lowest BCUT2D eigenvalue weighted by atomic mass is 10.1. The Labute approximate surface area is 136 Å². The average molecular weight is 316 g/mol. The normalized spacial score (nSPS) is 10.8. The number of nitrogens with one attached hydrogen (secondary N) is 2. The van der Waals surface area contributed by atoms with Crippen LogP contribution in [0.4, 0.5) is 5.69 Å². The third kappa shape index (κ3) is 4.10. The molecule has 1 heterocycles. The van der Waals surface area contributed by atoms with Crippen LogP contribution in [-0.2, 0) is 0 Å². The molecule has 0 radical (unpaired) electrons. The van der Waals surface area contributed by atoms with E-state index in [9.17, 15) is 4.79 Å². The lowest BCUT2D eigenvalue weighted by molar-refractivity contribution is 0.0963. The summed E-state index contributed by atoms with van der Waals surface area (Å²) >= 11 is 0. The molecule has 0 bridgehead atoms. The number of fused-ring (bicyclic) bond motifs is 1. The van der Waals surface area contributed by atoms with Gasteiger partial charge in [-0.3, -0.25) is 9.78 Å². The van der Waals surface area contributed by atoms with Gasteiger partial charge in [-0.05, 0) is 45.3 Å². The van der Waals surface area contributed by atoms with Crippen molar-refractivity contribution in [2.75, 3.05) is 46.7 Å². The van der Waals surface area contributed by atoms with E-state index < -0.39 is 0 Å². The summed E-state index contributed by atoms with van der Waals surface area (Å²) in [7, 11) is 7.33. The fourth-order valence-corrected chi connectivity index (χ4v) is 2.40. The van der Waals surface area contributed by atoms with Gasteiger partial charge in [-0.15, -0.1) is 0 Å². The molecule has 2 N–H and O–H groups in total. The molecule has 2 aromatic rings. The van der Waals surface area contributed by atoms with Gasteiger partial charge >= 0.3 is 0 Å². The molecule has 1 aromatic carbocycles. The molecule has 2 rings (SSSR count). The summed E-state index contributed by atoms with van der Waals surface area (Å²) in [6, 6.07) is 5.67. The van der Waals surface area contributed by atoms with Crippen LogP contribution in [0.2, 0.25) is 0 Å². The van der Waals surface area contributed by atoms with Crippen LogP contribution in [-0.4, -0.2) is 57.1 Å². The molecule has 0 aliphatic rings. The number of amides is 1. The summed E-state index contributed by atoms with van der Waals surface area (Å²) in [6.45, 7) is 1.76. The van der Waals surface area contributed by atoms with Gasteiger partial charge in [0.1, 0.15) is 5.75 Å². The Hall–Kier alpha value is -2.34. The second kappa shape index (κ2) is 7.78. The van der Waals surface area contributed by atoms with Crippen molar-refractivity contribution in [2.45, 2.75) is 6.42 Å². The van der Waals surface area contributed by atoms with Crippen LogP contribution in [0.5, 0.6) is 5.75 Å². The van der Waals surface area contributed by atoms with Crippen LogP contribution < -0.4 is 15.4 Å². The fraction of sp³-hybridized carbons (Fsp3) is 0.412. The van der Waals surface area contributed by atoms with Crippen LogP contribution in [0.15, 0.2) is 24.4 Å². The molecule has 0 saturated heterocycles. The Balaban J connectivity index is 2.39. The van der Waals surface area contributed by atoms with E-state index in [1.54, 1.807) is 20.4 Å². The summed E-state index contributed by atoms with van der Waals surface area (Å²) in [5.41, 5.74) is 2.17. The molecule has 6 heteroatoms. The zero-order valence-corrected chi connectivity index (χ0v) is 14.1. The summed E-state index contributed by atoms with van der Waals surface area (Å²) in [4.78, 5) is 18.7. The second-order valence-electron chi connectivity index (χ2n) is 5.59. The SMILES string of the molecule is CNC(=O)c1cnc2ccc(OC)cc2c1NCCCN(C)C. The zero-order chi connectivity index (χ0) is 16.8. The molecule has 0 spiro atoms. The van der Waals surface area contributed by atoms with Gasteiger partial charge in [0.2, 0.25) is 0 Å². The van der Waals surface area contributed by atoms with Crippen LogP contribution in [0.3, 0.4) is 0 Å². The number of carbonyl (C=O) groups excluding carboxylic acids is 1. The van der Waals surface area contributed by atoms with Gasteiger partial charge in [-0.25, -0.2) is 0 Å². The number of ether oxygens (including phenoxy) is 1. The Morgan fingerprint density at radius 1 is 1.35 bits per heavy atom. The first-order chi connectivity index (χ1) is 11.1. The summed E-state index contributed by atoms with van der Waals surface area (Å²) in [5.74, 6) is 0.585. The minimum absolute atomic E-state index is 0.155. The Morgan fingerprint density at radius 3 is 2.78 bits per heavy atom. The van der Waals surface area contributed by atoms with E-state index in [1.165, 1.54) is 0 Å². The maximum Gasteiger partial charge on any atom is 0.254 e. The number of benzene rings is 1. The monoisotopic (exact) mass is 316 g/mol. The summed E-state index contributed by atoms with van der Waals surface area (Å²) < 4.78 is 5.30. The van der Waals surface area contributed by atoms with Crippen LogP contribution in [0.25, 0.3) is 10.9 Å². The van der Waals surface area contributed by atoms with E-state index >= 15 is 0 Å². The molecule has 124 valence electrons. The van der Waals surface area contributed by atoms with Crippen molar-refractivity contribution in [3.05, 3.63) is 30.0 Å². The molecule has 1 aromatic heterocycles. The van der Waals surface area contributed by atoms with E-state index in [-0.39, 0.29) is 5.91 Å². The molecule has 6 nitrogen and oxygen atoms in total. The molecule has 0 aliphatic heterocycles. The number of hydrogen-bond donors (Lipinski definition) is 2. The number of rotatable bonds is 7. The predicted octanol–water partition coefficient (Wildman–Crippen LogP) is 1.97. The molecular weight excluding hydrogens is 292 g/mol. The lowest BCUT2D eigenvalue weighted by Crippen LogP contribution is -2.21. The Kier molecular flexibility index (Phi) is 5.76. The quantitative estimate of drug-likeness (QED) is 0.765. The maximum absolute atomic E-state index is 12.1. The van der Waals surface area contributed by atoms with E-state index in [2.05, 4.69) is 20.5 Å². The van der Waals surface area contributed by atoms with Crippen molar-refractivity contribution >= 4 is 22.5 Å². The average Bonchev–Trinajstić information content (AvgIpc) is 2.57. The van der Waals surface area contributed by atoms with Gasteiger partial charge in [0.05, 0.1) is 23.9 Å². The predicted molar refractivity (Wildman–Crippen MR) is 93.3 cm³/mol. The van der Waals surface area contributed by atoms with Crippen molar-refractivity contribution in [2.24, 2.45) is 0 Å². The fourth-order valence-electron chi connectivity index (χ4n) is 2.40. The van der Waals surface area contributed by atoms with E-state index in [0.29, 0.717) is 5.56 Å². The largest absolute Gasteiger partial charge is 0.497 e. The molecule has 23 heavy (non-hydrogen) atoms. The van der Waals surface area contributed by atoms with E-state index in [1.807, 2.05) is 32.3 Å². The summed E-state index contributed by atoms with van der Waals surface area (Å²) in [5, 5.41) is 6.94. The van der Waals surface area contributed by atoms with Gasteiger partial charge in [0.15, 0.2) is 0 Å². The molecule has 0 atom stereocenters. The molecule has 0 saturated carbocycles. The number of methoxy groups -OCH3 is 1. The number of carbonyl (C=O) groups is 1. The van der Waals surface area contributed by atoms with Gasteiger partial charge in [0.25, 0.3) is 5.91 Å². The standard InChI is InChI=1S/C17H24N4O2/c1-18-17(22)14-11-20-15-7-6-12(23-4)10-13(15)16(14)19-8-5-9-21(2)3/h6-7,10-11H,5,8-9H2,1-4H3,(H,18,22)(H,19,20). The maximum atomic E-state index is 12.1. The van der Waals surface area contributed by atoms with Gasteiger partial charge < -0.3 is 20.3 Å². The highest BCUT2D eigenvalue weighted by Crippen LogP contribution is 2.29. The van der Waals surface area contributed by atoms with Crippen molar-refractivity contribution in [3.8, 4) is 5.75 Å². The third-order valence-electron chi connectivity index (χ3n) is 3.63. The highest BCUT2D eigenvalue weighted by Gasteiger charge is 2.15. The molecule has 1 amide bonds. The number of nitrogens with zero attached hydrogens (tertiary/aromatic N) is 2. The molecular formula is C17H24N4O2. The highest BCUT2D eigenvalue weighted by atomic mass is 16.5. The van der Waals surface area contributed by atoms with Crippen LogP contribution >= 0.6 is 0 Å². The van der Waals surface area contributed by atoms with Gasteiger partial charge in [-0.2, -0.15) is 0 Å². The van der Waals surface area contributed by atoms with Gasteiger partial charge in [-0.1, -0.05) is 0 Å². The number of anilines is 1. The van der Waals surface area contributed by atoms with E-state index in [4.69, 9.17) is 4.74 Å². The Bertz CT molecular complexity index is 686. The minimum Gasteiger partial charge on any atom is -0.497 e.